The van der Waals surface area contributed by atoms with Crippen LogP contribution in [0.3, 0.4) is 0 Å². The molecule has 2 aromatic heterocycles. The van der Waals surface area contributed by atoms with Crippen molar-refractivity contribution in [3.63, 3.8) is 0 Å². The highest BCUT2D eigenvalue weighted by Crippen LogP contribution is 2.29. The SMILES string of the molecule is O=C1CCC(N2Cc3ccc(-n4cc(CNc5nccs5)nn4)cc3C2=O)C(=O)N1. The first-order valence-corrected chi connectivity index (χ1v) is 10.3. The van der Waals surface area contributed by atoms with Crippen LogP contribution in [0.25, 0.3) is 5.69 Å². The van der Waals surface area contributed by atoms with Crippen molar-refractivity contribution in [2.75, 3.05) is 5.32 Å². The van der Waals surface area contributed by atoms with E-state index in [2.05, 4.69) is 25.9 Å². The van der Waals surface area contributed by atoms with E-state index in [0.717, 1.165) is 16.4 Å². The number of imide groups is 1. The first-order chi connectivity index (χ1) is 14.6. The van der Waals surface area contributed by atoms with Crippen molar-refractivity contribution < 1.29 is 14.4 Å². The average Bonchev–Trinajstić information content (AvgIpc) is 3.47. The van der Waals surface area contributed by atoms with Crippen molar-refractivity contribution in [2.45, 2.75) is 32.0 Å². The molecular formula is C19H17N7O3S. The van der Waals surface area contributed by atoms with Crippen LogP contribution in [-0.2, 0) is 22.7 Å². The van der Waals surface area contributed by atoms with Crippen LogP contribution in [0.15, 0.2) is 36.0 Å². The molecule has 2 aliphatic heterocycles. The fourth-order valence-electron chi connectivity index (χ4n) is 3.67. The van der Waals surface area contributed by atoms with Gasteiger partial charge >= 0.3 is 0 Å². The van der Waals surface area contributed by atoms with Crippen LogP contribution >= 0.6 is 11.3 Å². The lowest BCUT2D eigenvalue weighted by Crippen LogP contribution is -2.52. The maximum atomic E-state index is 12.9. The van der Waals surface area contributed by atoms with Crippen LogP contribution in [0.4, 0.5) is 5.13 Å². The minimum atomic E-state index is -0.624. The highest BCUT2D eigenvalue weighted by molar-refractivity contribution is 7.13. The van der Waals surface area contributed by atoms with Crippen LogP contribution in [0.5, 0.6) is 0 Å². The molecule has 5 rings (SSSR count). The molecule has 0 aliphatic carbocycles. The van der Waals surface area contributed by atoms with Gasteiger partial charge in [-0.2, -0.15) is 0 Å². The van der Waals surface area contributed by atoms with Gasteiger partial charge < -0.3 is 10.2 Å². The van der Waals surface area contributed by atoms with Crippen LogP contribution < -0.4 is 10.6 Å². The molecule has 1 fully saturated rings. The normalized spacial score (nSPS) is 18.5. The zero-order valence-corrected chi connectivity index (χ0v) is 16.6. The number of anilines is 1. The Labute approximate surface area is 174 Å². The fraction of sp³-hybridized carbons (Fsp3) is 0.263. The molecule has 10 nitrogen and oxygen atoms in total. The number of amides is 3. The predicted octanol–water partition coefficient (Wildman–Crippen LogP) is 1.10. The van der Waals surface area contributed by atoms with Crippen molar-refractivity contribution in [3.8, 4) is 5.69 Å². The number of carbonyl (C=O) groups is 3. The number of piperidine rings is 1. The van der Waals surface area contributed by atoms with E-state index in [-0.39, 0.29) is 18.2 Å². The molecule has 0 spiro atoms. The second-order valence-electron chi connectivity index (χ2n) is 7.09. The largest absolute Gasteiger partial charge is 0.356 e. The monoisotopic (exact) mass is 423 g/mol. The average molecular weight is 423 g/mol. The van der Waals surface area contributed by atoms with Crippen LogP contribution in [0.2, 0.25) is 0 Å². The molecule has 1 saturated heterocycles. The van der Waals surface area contributed by atoms with E-state index in [9.17, 15) is 14.4 Å². The van der Waals surface area contributed by atoms with E-state index >= 15 is 0 Å². The Kier molecular flexibility index (Phi) is 4.51. The highest BCUT2D eigenvalue weighted by atomic mass is 32.1. The third-order valence-corrected chi connectivity index (χ3v) is 5.90. The maximum absolute atomic E-state index is 12.9. The van der Waals surface area contributed by atoms with Gasteiger partial charge in [0.2, 0.25) is 11.8 Å². The number of aromatic nitrogens is 4. The van der Waals surface area contributed by atoms with Crippen molar-refractivity contribution in [1.29, 1.82) is 0 Å². The Morgan fingerprint density at radius 3 is 2.97 bits per heavy atom. The van der Waals surface area contributed by atoms with Gasteiger partial charge in [0.15, 0.2) is 5.13 Å². The number of hydrogen-bond donors (Lipinski definition) is 2. The molecule has 3 aromatic rings. The van der Waals surface area contributed by atoms with Crippen LogP contribution in [-0.4, -0.2) is 48.6 Å². The summed E-state index contributed by atoms with van der Waals surface area (Å²) in [6.45, 7) is 0.835. The van der Waals surface area contributed by atoms with Crippen LogP contribution in [0, 0.1) is 0 Å². The van der Waals surface area contributed by atoms with E-state index in [4.69, 9.17) is 0 Å². The van der Waals surface area contributed by atoms with Gasteiger partial charge in [-0.15, -0.1) is 16.4 Å². The third-order valence-electron chi connectivity index (χ3n) is 5.17. The summed E-state index contributed by atoms with van der Waals surface area (Å²) in [6, 6.07) is 4.87. The van der Waals surface area contributed by atoms with Gasteiger partial charge in [0, 0.05) is 30.1 Å². The summed E-state index contributed by atoms with van der Waals surface area (Å²) in [7, 11) is 0. The molecule has 1 aromatic carbocycles. The summed E-state index contributed by atoms with van der Waals surface area (Å²) in [5.74, 6) is -0.928. The van der Waals surface area contributed by atoms with Crippen molar-refractivity contribution >= 4 is 34.2 Å². The number of thiazole rings is 1. The number of carbonyl (C=O) groups excluding carboxylic acids is 3. The fourth-order valence-corrected chi connectivity index (χ4v) is 4.20. The summed E-state index contributed by atoms with van der Waals surface area (Å²) >= 11 is 1.50. The number of nitrogens with zero attached hydrogens (tertiary/aromatic N) is 5. The highest BCUT2D eigenvalue weighted by Gasteiger charge is 2.39. The second-order valence-corrected chi connectivity index (χ2v) is 7.98. The van der Waals surface area contributed by atoms with E-state index < -0.39 is 11.9 Å². The topological polar surface area (TPSA) is 122 Å². The second kappa shape index (κ2) is 7.34. The Morgan fingerprint density at radius 1 is 1.27 bits per heavy atom. The smallest absolute Gasteiger partial charge is 0.255 e. The summed E-state index contributed by atoms with van der Waals surface area (Å²) in [5, 5.41) is 16.5. The first kappa shape index (κ1) is 18.4. The minimum Gasteiger partial charge on any atom is -0.356 e. The van der Waals surface area contributed by atoms with E-state index in [1.54, 1.807) is 23.1 Å². The number of rotatable bonds is 5. The standard InChI is InChI=1S/C19H17N7O3S/c27-16-4-3-15(17(28)22-16)25-9-11-1-2-13(7-14(11)18(25)29)26-10-12(23-24-26)8-21-19-20-5-6-30-19/h1-2,5-7,10,15H,3-4,8-9H2,(H,20,21)(H,22,27,28). The van der Waals surface area contributed by atoms with Crippen molar-refractivity contribution in [2.24, 2.45) is 0 Å². The molecule has 0 saturated carbocycles. The quantitative estimate of drug-likeness (QED) is 0.589. The number of benzene rings is 1. The lowest BCUT2D eigenvalue weighted by molar-refractivity contribution is -0.136. The molecule has 0 radical (unpaired) electrons. The molecule has 152 valence electrons. The van der Waals surface area contributed by atoms with Crippen molar-refractivity contribution in [3.05, 3.63) is 52.8 Å². The lowest BCUT2D eigenvalue weighted by atomic mass is 10.0. The molecule has 2 N–H and O–H groups in total. The molecular weight excluding hydrogens is 406 g/mol. The first-order valence-electron chi connectivity index (χ1n) is 9.41. The number of nitrogens with one attached hydrogen (secondary N) is 2. The van der Waals surface area contributed by atoms with Gasteiger partial charge in [0.25, 0.3) is 5.91 Å². The van der Waals surface area contributed by atoms with Crippen LogP contribution in [0.1, 0.15) is 34.5 Å². The van der Waals surface area contributed by atoms with Gasteiger partial charge in [-0.05, 0) is 24.1 Å². The van der Waals surface area contributed by atoms with E-state index in [0.29, 0.717) is 30.8 Å². The summed E-state index contributed by atoms with van der Waals surface area (Å²) in [4.78, 5) is 42.2. The summed E-state index contributed by atoms with van der Waals surface area (Å²) < 4.78 is 1.61. The van der Waals surface area contributed by atoms with Gasteiger partial charge in [-0.1, -0.05) is 11.3 Å². The minimum absolute atomic E-state index is 0.216. The number of hydrogen-bond acceptors (Lipinski definition) is 8. The molecule has 30 heavy (non-hydrogen) atoms. The van der Waals surface area contributed by atoms with Crippen molar-refractivity contribution in [1.82, 2.24) is 30.2 Å². The summed E-state index contributed by atoms with van der Waals surface area (Å²) in [6.07, 6.45) is 4.09. The molecule has 2 aliphatic rings. The zero-order valence-electron chi connectivity index (χ0n) is 15.7. The Hall–Kier alpha value is -3.60. The number of fused-ring (bicyclic) bond motifs is 1. The molecule has 4 heterocycles. The molecule has 11 heteroatoms. The van der Waals surface area contributed by atoms with E-state index in [1.165, 1.54) is 16.2 Å². The Morgan fingerprint density at radius 2 is 2.17 bits per heavy atom. The zero-order chi connectivity index (χ0) is 20.7. The summed E-state index contributed by atoms with van der Waals surface area (Å²) in [5.41, 5.74) is 2.83. The van der Waals surface area contributed by atoms with E-state index in [1.807, 2.05) is 17.5 Å². The Balaban J connectivity index is 1.32. The Bertz CT molecular complexity index is 1140. The van der Waals surface area contributed by atoms with Gasteiger partial charge in [0.1, 0.15) is 11.7 Å². The molecule has 1 unspecified atom stereocenters. The lowest BCUT2D eigenvalue weighted by Gasteiger charge is -2.29. The molecule has 3 amide bonds. The molecule has 0 bridgehead atoms. The van der Waals surface area contributed by atoms with Gasteiger partial charge in [0.05, 0.1) is 18.4 Å². The predicted molar refractivity (Wildman–Crippen MR) is 107 cm³/mol. The third kappa shape index (κ3) is 3.32. The maximum Gasteiger partial charge on any atom is 0.255 e. The molecule has 1 atom stereocenters. The van der Waals surface area contributed by atoms with Gasteiger partial charge in [-0.25, -0.2) is 9.67 Å². The van der Waals surface area contributed by atoms with Gasteiger partial charge in [-0.3, -0.25) is 19.7 Å².